The van der Waals surface area contributed by atoms with Crippen molar-refractivity contribution in [1.82, 2.24) is 20.0 Å². The number of halogens is 5. The van der Waals surface area contributed by atoms with Gasteiger partial charge < -0.3 is 4.74 Å². The van der Waals surface area contributed by atoms with E-state index < -0.39 is 11.7 Å². The van der Waals surface area contributed by atoms with Gasteiger partial charge in [-0.3, -0.25) is 0 Å². The summed E-state index contributed by atoms with van der Waals surface area (Å²) < 4.78 is 46.0. The first kappa shape index (κ1) is 19.9. The molecular weight excluding hydrogens is 449 g/mol. The number of ether oxygens (including phenoxy) is 1. The lowest BCUT2D eigenvalue weighted by molar-refractivity contribution is -0.137. The summed E-state index contributed by atoms with van der Waals surface area (Å²) in [6, 6.07) is 4.21. The van der Waals surface area contributed by atoms with Crippen LogP contribution in [0.1, 0.15) is 26.3 Å². The van der Waals surface area contributed by atoms with Crippen molar-refractivity contribution in [2.24, 2.45) is 5.41 Å². The topological polar surface area (TPSA) is 52.8 Å². The molecule has 10 heteroatoms. The number of nitrogens with zero attached hydrogens (tertiary/aromatic N) is 4. The lowest BCUT2D eigenvalue weighted by Crippen LogP contribution is -2.16. The third-order valence-electron chi connectivity index (χ3n) is 3.56. The Morgan fingerprint density at radius 3 is 2.52 bits per heavy atom. The van der Waals surface area contributed by atoms with Crippen LogP contribution < -0.4 is 4.74 Å². The maximum atomic E-state index is 12.7. The van der Waals surface area contributed by atoms with E-state index in [1.807, 2.05) is 0 Å². The van der Waals surface area contributed by atoms with Gasteiger partial charge in [-0.05, 0) is 39.5 Å². The van der Waals surface area contributed by atoms with Gasteiger partial charge in [0.25, 0.3) is 0 Å². The number of benzene rings is 1. The Morgan fingerprint density at radius 2 is 1.93 bits per heavy atom. The molecule has 0 amide bonds. The summed E-state index contributed by atoms with van der Waals surface area (Å²) >= 11 is 9.31. The van der Waals surface area contributed by atoms with Gasteiger partial charge in [-0.25, -0.2) is 9.67 Å². The minimum atomic E-state index is -4.53. The third-order valence-corrected chi connectivity index (χ3v) is 4.59. The van der Waals surface area contributed by atoms with Gasteiger partial charge in [0.15, 0.2) is 0 Å². The Morgan fingerprint density at radius 1 is 1.22 bits per heavy atom. The molecule has 0 aliphatic carbocycles. The van der Waals surface area contributed by atoms with Crippen molar-refractivity contribution in [3.8, 4) is 11.6 Å². The Balaban J connectivity index is 1.93. The maximum absolute atomic E-state index is 12.7. The highest BCUT2D eigenvalue weighted by Gasteiger charge is 2.32. The van der Waals surface area contributed by atoms with Gasteiger partial charge in [-0.15, -0.1) is 5.10 Å². The average molecular weight is 464 g/mol. The van der Waals surface area contributed by atoms with Gasteiger partial charge in [-0.2, -0.15) is 13.2 Å². The van der Waals surface area contributed by atoms with E-state index in [0.29, 0.717) is 28.5 Å². The minimum absolute atomic E-state index is 0.0138. The van der Waals surface area contributed by atoms with Crippen molar-refractivity contribution in [1.29, 1.82) is 0 Å². The summed E-state index contributed by atoms with van der Waals surface area (Å²) in [4.78, 5) is 3.68. The van der Waals surface area contributed by atoms with Crippen LogP contribution in [-0.4, -0.2) is 20.0 Å². The molecule has 3 rings (SSSR count). The number of fused-ring (bicyclic) bond motifs is 1. The number of alkyl halides is 3. The summed E-state index contributed by atoms with van der Waals surface area (Å²) in [7, 11) is 0. The molecule has 0 spiro atoms. The molecule has 0 saturated carbocycles. The first-order valence-corrected chi connectivity index (χ1v) is 9.05. The molecule has 0 atom stereocenters. The second-order valence-corrected chi connectivity index (χ2v) is 8.36. The summed E-state index contributed by atoms with van der Waals surface area (Å²) in [5.41, 5.74) is 0.440. The zero-order valence-electron chi connectivity index (χ0n) is 14.6. The maximum Gasteiger partial charge on any atom is 0.417 e. The molecule has 2 heterocycles. The predicted molar refractivity (Wildman–Crippen MR) is 99.0 cm³/mol. The highest BCUT2D eigenvalue weighted by Crippen LogP contribution is 2.38. The van der Waals surface area contributed by atoms with Crippen molar-refractivity contribution in [3.05, 3.63) is 39.5 Å². The van der Waals surface area contributed by atoms with E-state index in [4.69, 9.17) is 16.3 Å². The fourth-order valence-electron chi connectivity index (χ4n) is 2.39. The highest BCUT2D eigenvalue weighted by atomic mass is 79.9. The average Bonchev–Trinajstić information content (AvgIpc) is 2.92. The number of hydrogen-bond donors (Lipinski definition) is 0. The zero-order chi connectivity index (χ0) is 20.0. The van der Waals surface area contributed by atoms with Gasteiger partial charge in [0.05, 0.1) is 15.6 Å². The van der Waals surface area contributed by atoms with E-state index in [1.165, 1.54) is 0 Å². The van der Waals surface area contributed by atoms with Crippen LogP contribution in [0.2, 0.25) is 5.02 Å². The Bertz CT molecular complexity index is 998. The summed E-state index contributed by atoms with van der Waals surface area (Å²) in [5, 5.41) is 8.08. The Labute approximate surface area is 166 Å². The molecule has 0 saturated heterocycles. The largest absolute Gasteiger partial charge is 0.436 e. The molecule has 0 radical (unpaired) electrons. The molecule has 2 aromatic heterocycles. The van der Waals surface area contributed by atoms with Crippen molar-refractivity contribution >= 4 is 38.6 Å². The fraction of sp³-hybridized carbons (Fsp3) is 0.353. The molecule has 0 N–H and O–H groups in total. The molecule has 0 bridgehead atoms. The van der Waals surface area contributed by atoms with Crippen LogP contribution in [0.3, 0.4) is 0 Å². The first-order valence-electron chi connectivity index (χ1n) is 7.88. The lowest BCUT2D eigenvalue weighted by atomic mass is 9.97. The van der Waals surface area contributed by atoms with Crippen LogP contribution in [0, 0.1) is 5.41 Å². The molecule has 1 aromatic carbocycles. The van der Waals surface area contributed by atoms with Crippen LogP contribution in [0.25, 0.3) is 11.0 Å². The molecule has 0 aliphatic rings. The van der Waals surface area contributed by atoms with Crippen molar-refractivity contribution in [2.45, 2.75) is 33.5 Å². The Kier molecular flexibility index (Phi) is 5.11. The van der Waals surface area contributed by atoms with E-state index in [2.05, 4.69) is 52.0 Å². The summed E-state index contributed by atoms with van der Waals surface area (Å²) in [6.07, 6.45) is -3.85. The predicted octanol–water partition coefficient (Wildman–Crippen LogP) is 6.10. The second-order valence-electron chi connectivity index (χ2n) is 7.16. The van der Waals surface area contributed by atoms with E-state index in [0.717, 1.165) is 11.6 Å². The van der Waals surface area contributed by atoms with Crippen molar-refractivity contribution < 1.29 is 17.9 Å². The van der Waals surface area contributed by atoms with Gasteiger partial charge in [-0.1, -0.05) is 37.6 Å². The van der Waals surface area contributed by atoms with Gasteiger partial charge in [0, 0.05) is 12.7 Å². The monoisotopic (exact) mass is 462 g/mol. The van der Waals surface area contributed by atoms with E-state index >= 15 is 0 Å². The van der Waals surface area contributed by atoms with Crippen LogP contribution in [0.15, 0.2) is 28.9 Å². The molecule has 0 aliphatic heterocycles. The number of aromatic nitrogens is 4. The molecule has 144 valence electrons. The van der Waals surface area contributed by atoms with Crippen LogP contribution in [0.4, 0.5) is 13.2 Å². The van der Waals surface area contributed by atoms with Gasteiger partial charge >= 0.3 is 6.18 Å². The van der Waals surface area contributed by atoms with Crippen molar-refractivity contribution in [3.63, 3.8) is 0 Å². The minimum Gasteiger partial charge on any atom is -0.436 e. The Hall–Kier alpha value is -1.87. The van der Waals surface area contributed by atoms with Crippen LogP contribution >= 0.6 is 27.5 Å². The second kappa shape index (κ2) is 6.94. The van der Waals surface area contributed by atoms with Gasteiger partial charge in [0.1, 0.15) is 16.3 Å². The van der Waals surface area contributed by atoms with Crippen LogP contribution in [-0.2, 0) is 12.7 Å². The number of hydrogen-bond acceptors (Lipinski definition) is 4. The smallest absolute Gasteiger partial charge is 0.417 e. The normalized spacial score (nSPS) is 12.6. The molecule has 3 aromatic rings. The lowest BCUT2D eigenvalue weighted by Gasteiger charge is -2.18. The summed E-state index contributed by atoms with van der Waals surface area (Å²) in [6.45, 7) is 6.93. The van der Waals surface area contributed by atoms with Crippen LogP contribution in [0.5, 0.6) is 11.6 Å². The van der Waals surface area contributed by atoms with E-state index in [1.54, 1.807) is 16.8 Å². The molecule has 5 nitrogen and oxygen atoms in total. The molecular formula is C17H15BrClF3N4O. The number of rotatable bonds is 3. The molecule has 0 fully saturated rings. The molecule has 0 unspecified atom stereocenters. The SMILES string of the molecule is CC(C)(C)Cn1nnc2c(Br)c(Oc3ncc(C(F)(F)F)cc3Cl)ccc21. The van der Waals surface area contributed by atoms with Crippen molar-refractivity contribution in [2.75, 3.05) is 0 Å². The highest BCUT2D eigenvalue weighted by molar-refractivity contribution is 9.10. The number of pyridine rings is 1. The zero-order valence-corrected chi connectivity index (χ0v) is 16.9. The molecule has 27 heavy (non-hydrogen) atoms. The van der Waals surface area contributed by atoms with E-state index in [9.17, 15) is 13.2 Å². The summed E-state index contributed by atoms with van der Waals surface area (Å²) in [5.74, 6) is 0.186. The van der Waals surface area contributed by atoms with E-state index in [-0.39, 0.29) is 16.3 Å². The van der Waals surface area contributed by atoms with Gasteiger partial charge in [0.2, 0.25) is 5.88 Å². The third kappa shape index (κ3) is 4.35. The fourth-order valence-corrected chi connectivity index (χ4v) is 3.09. The first-order chi connectivity index (χ1) is 12.5. The quantitative estimate of drug-likeness (QED) is 0.471. The standard InChI is InChI=1S/C17H15BrClF3N4O/c1-16(2,3)8-26-11-4-5-12(13(18)14(11)24-25-26)27-15-10(19)6-9(7-23-15)17(20,21)22/h4-7H,8H2,1-3H3.